The van der Waals surface area contributed by atoms with Crippen molar-refractivity contribution in [2.45, 2.75) is 70.9 Å². The average molecular weight is 1000 g/mol. The van der Waals surface area contributed by atoms with Crippen LogP contribution >= 0.6 is 0 Å². The number of carbonyl (C=O) groups excluding carboxylic acids is 3. The van der Waals surface area contributed by atoms with Gasteiger partial charge in [-0.25, -0.2) is 18.0 Å². The number of amides is 4. The van der Waals surface area contributed by atoms with Crippen molar-refractivity contribution in [3.8, 4) is 41.1 Å². The lowest BCUT2D eigenvalue weighted by molar-refractivity contribution is -0.120. The van der Waals surface area contributed by atoms with Gasteiger partial charge in [0.1, 0.15) is 40.5 Å². The van der Waals surface area contributed by atoms with Gasteiger partial charge in [-0.2, -0.15) is 9.97 Å². The molecule has 5 aliphatic rings. The number of ether oxygens (including phenoxy) is 2. The van der Waals surface area contributed by atoms with Gasteiger partial charge in [-0.05, 0) is 104 Å². The van der Waals surface area contributed by atoms with Crippen LogP contribution in [0.3, 0.4) is 0 Å². The molecule has 6 heterocycles. The van der Waals surface area contributed by atoms with Crippen LogP contribution in [0.4, 0.5) is 29.5 Å². The largest absolute Gasteiger partial charge is 0.508 e. The summed E-state index contributed by atoms with van der Waals surface area (Å²) in [5.74, 6) is 1.81. The highest BCUT2D eigenvalue weighted by Gasteiger charge is 2.40. The molecule has 15 nitrogen and oxygen atoms in total. The Hall–Kier alpha value is -6.71. The summed E-state index contributed by atoms with van der Waals surface area (Å²) in [6.45, 7) is 10.2. The van der Waals surface area contributed by atoms with Crippen molar-refractivity contribution in [3.05, 3.63) is 71.4 Å². The van der Waals surface area contributed by atoms with Crippen molar-refractivity contribution in [2.24, 2.45) is 17.3 Å². The highest BCUT2D eigenvalue weighted by atomic mass is 19.1. The molecule has 5 fully saturated rings. The summed E-state index contributed by atoms with van der Waals surface area (Å²) in [7, 11) is 1.52. The Bertz CT molecular complexity index is 2960. The van der Waals surface area contributed by atoms with Gasteiger partial charge in [0.15, 0.2) is 5.82 Å². The van der Waals surface area contributed by atoms with Crippen LogP contribution in [0.1, 0.15) is 80.6 Å². The molecular weight excluding hydrogens is 940 g/mol. The van der Waals surface area contributed by atoms with E-state index in [-0.39, 0.29) is 94.1 Å². The van der Waals surface area contributed by atoms with Crippen LogP contribution in [-0.4, -0.2) is 144 Å². The number of rotatable bonds is 12. The number of carbonyl (C=O) groups is 3. The summed E-state index contributed by atoms with van der Waals surface area (Å²) >= 11 is 0. The molecule has 0 bridgehead atoms. The Morgan fingerprint density at radius 3 is 2.45 bits per heavy atom. The molecule has 0 radical (unpaired) electrons. The van der Waals surface area contributed by atoms with E-state index in [1.165, 1.54) is 55.3 Å². The second-order valence-electron chi connectivity index (χ2n) is 20.8. The van der Waals surface area contributed by atoms with Crippen LogP contribution in [0, 0.1) is 41.2 Å². The topological polar surface area (TPSA) is 157 Å². The summed E-state index contributed by atoms with van der Waals surface area (Å²) in [6, 6.07) is 9.98. The van der Waals surface area contributed by atoms with Crippen molar-refractivity contribution < 1.29 is 42.1 Å². The standard InChI is InChI=1S/C55H62F3N9O6/c1-4-40-43(57)9-7-36-26-39(68)28-41(47(36)40)49-48(58)50-42(29-59-49)51(66-18-5-6-38(56)32-66)62-53(61-50)73-33-34(2)30-63-22-24-64(25-23-63)31-35-11-14-55(15-12-35)16-20-65(21-17-55)52(70)37-8-10-45(72-3)44(27-37)67-19-13-46(69)60-54(67)71/h1,7-10,26-29,34-35,38,68H,5-6,11-25,30-33H2,2-3H3,(H,60,69,71)/t34-,38-/m1/s1. The number of phenols is 1. The molecule has 4 amide bonds. The van der Waals surface area contributed by atoms with Gasteiger partial charge in [-0.1, -0.05) is 18.9 Å². The third-order valence-electron chi connectivity index (χ3n) is 15.9. The molecule has 2 aromatic heterocycles. The maximum atomic E-state index is 16.9. The number of aromatic nitrogens is 3. The van der Waals surface area contributed by atoms with Crippen molar-refractivity contribution >= 4 is 51.0 Å². The number of terminal acetylenes is 1. The van der Waals surface area contributed by atoms with Gasteiger partial charge in [-0.15, -0.1) is 6.42 Å². The number of hydrogen-bond donors (Lipinski definition) is 2. The number of fused-ring (bicyclic) bond motifs is 2. The molecule has 1 spiro atoms. The minimum absolute atomic E-state index is 0.0465. The average Bonchev–Trinajstić information content (AvgIpc) is 3.39. The van der Waals surface area contributed by atoms with Gasteiger partial charge in [0, 0.05) is 100 Å². The van der Waals surface area contributed by atoms with Crippen molar-refractivity contribution in [1.29, 1.82) is 0 Å². The lowest BCUT2D eigenvalue weighted by Crippen LogP contribution is -2.50. The first-order valence-corrected chi connectivity index (χ1v) is 25.6. The Balaban J connectivity index is 0.722. The number of anilines is 2. The zero-order valence-corrected chi connectivity index (χ0v) is 41.5. The van der Waals surface area contributed by atoms with Crippen molar-refractivity contribution in [3.63, 3.8) is 0 Å². The van der Waals surface area contributed by atoms with Gasteiger partial charge in [-0.3, -0.25) is 24.8 Å². The fraction of sp³-hybridized carbons (Fsp3) is 0.491. The van der Waals surface area contributed by atoms with Crippen LogP contribution in [0.15, 0.2) is 48.7 Å². The fourth-order valence-electron chi connectivity index (χ4n) is 11.8. The van der Waals surface area contributed by atoms with E-state index < -0.39 is 23.8 Å². The third kappa shape index (κ3) is 10.4. The summed E-state index contributed by atoms with van der Waals surface area (Å²) in [5.41, 5.74) is 0.964. The molecule has 384 valence electrons. The number of likely N-dealkylation sites (tertiary alicyclic amines) is 1. The van der Waals surface area contributed by atoms with E-state index in [1.807, 2.05) is 4.90 Å². The molecule has 18 heteroatoms. The monoisotopic (exact) mass is 1000 g/mol. The number of piperazine rings is 1. The molecule has 10 rings (SSSR count). The van der Waals surface area contributed by atoms with Crippen LogP contribution < -0.4 is 24.6 Å². The lowest BCUT2D eigenvalue weighted by Gasteiger charge is -2.47. The molecule has 5 aromatic rings. The number of nitrogens with zero attached hydrogens (tertiary/aromatic N) is 8. The number of benzene rings is 3. The first-order valence-electron chi connectivity index (χ1n) is 25.6. The number of halogens is 3. The number of nitrogens with one attached hydrogen (secondary N) is 1. The number of piperidine rings is 2. The SMILES string of the molecule is C#Cc1c(F)ccc2cc(O)cc(-c3ncc4c(N5CCC[C@@H](F)C5)nc(OC[C@H](C)CN5CCN(CC6CCC7(CC6)CCN(C(=O)c6ccc(OC)c(N8CCC(=O)NC8=O)c6)CC7)CC5)nc4c3F)c12. The highest BCUT2D eigenvalue weighted by Crippen LogP contribution is 2.47. The minimum Gasteiger partial charge on any atom is -0.508 e. The zero-order chi connectivity index (χ0) is 51.0. The maximum Gasteiger partial charge on any atom is 0.328 e. The van der Waals surface area contributed by atoms with E-state index in [1.54, 1.807) is 23.1 Å². The van der Waals surface area contributed by atoms with Gasteiger partial charge < -0.3 is 34.2 Å². The molecule has 73 heavy (non-hydrogen) atoms. The summed E-state index contributed by atoms with van der Waals surface area (Å²) < 4.78 is 58.4. The molecule has 3 aromatic carbocycles. The van der Waals surface area contributed by atoms with E-state index in [4.69, 9.17) is 20.9 Å². The van der Waals surface area contributed by atoms with Gasteiger partial charge in [0.05, 0.1) is 36.9 Å². The second-order valence-corrected chi connectivity index (χ2v) is 20.8. The number of pyridine rings is 1. The Morgan fingerprint density at radius 1 is 0.959 bits per heavy atom. The predicted octanol–water partition coefficient (Wildman–Crippen LogP) is 7.95. The van der Waals surface area contributed by atoms with E-state index >= 15 is 4.39 Å². The fourth-order valence-corrected chi connectivity index (χ4v) is 11.8. The molecular formula is C55H62F3N9O6. The van der Waals surface area contributed by atoms with Crippen LogP contribution in [0.5, 0.6) is 17.5 Å². The molecule has 2 atom stereocenters. The minimum atomic E-state index is -1.08. The second kappa shape index (κ2) is 21.0. The molecule has 0 unspecified atom stereocenters. The first kappa shape index (κ1) is 49.9. The summed E-state index contributed by atoms with van der Waals surface area (Å²) in [4.78, 5) is 62.0. The lowest BCUT2D eigenvalue weighted by atomic mass is 9.65. The van der Waals surface area contributed by atoms with E-state index in [0.717, 1.165) is 65.0 Å². The van der Waals surface area contributed by atoms with E-state index in [0.29, 0.717) is 66.6 Å². The predicted molar refractivity (Wildman–Crippen MR) is 272 cm³/mol. The van der Waals surface area contributed by atoms with Crippen molar-refractivity contribution in [2.75, 3.05) is 95.5 Å². The van der Waals surface area contributed by atoms with Gasteiger partial charge in [0.2, 0.25) is 5.91 Å². The van der Waals surface area contributed by atoms with Gasteiger partial charge >= 0.3 is 12.0 Å². The summed E-state index contributed by atoms with van der Waals surface area (Å²) in [6.07, 6.45) is 13.9. The normalized spacial score (nSPS) is 20.6. The number of urea groups is 1. The zero-order valence-electron chi connectivity index (χ0n) is 41.5. The molecule has 1 aliphatic carbocycles. The number of imide groups is 1. The number of aromatic hydroxyl groups is 1. The van der Waals surface area contributed by atoms with Gasteiger partial charge in [0.25, 0.3) is 5.91 Å². The smallest absolute Gasteiger partial charge is 0.328 e. The number of methoxy groups -OCH3 is 1. The molecule has 1 saturated carbocycles. The third-order valence-corrected chi connectivity index (χ3v) is 15.9. The molecule has 4 aliphatic heterocycles. The number of phenolic OH excluding ortho intramolecular Hbond substituents is 1. The van der Waals surface area contributed by atoms with E-state index in [2.05, 4.69) is 37.9 Å². The molecule has 4 saturated heterocycles. The Labute approximate surface area is 423 Å². The molecule has 2 N–H and O–H groups in total. The first-order chi connectivity index (χ1) is 35.3. The van der Waals surface area contributed by atoms with Crippen molar-refractivity contribution in [1.82, 2.24) is 35.0 Å². The number of hydrogen-bond acceptors (Lipinski definition) is 12. The highest BCUT2D eigenvalue weighted by molar-refractivity contribution is 6.07. The Morgan fingerprint density at radius 2 is 1.73 bits per heavy atom. The van der Waals surface area contributed by atoms with E-state index in [9.17, 15) is 28.3 Å². The quantitative estimate of drug-likeness (QED) is 0.117. The van der Waals surface area contributed by atoms with Crippen LogP contribution in [-0.2, 0) is 4.79 Å². The Kier molecular flexibility index (Phi) is 14.4. The maximum absolute atomic E-state index is 16.9. The number of alkyl halides is 1. The van der Waals surface area contributed by atoms with Crippen LogP contribution in [0.2, 0.25) is 0 Å². The van der Waals surface area contributed by atoms with Crippen LogP contribution in [0.25, 0.3) is 32.9 Å². The summed E-state index contributed by atoms with van der Waals surface area (Å²) in [5, 5.41) is 13.9.